The number of anilines is 2. The van der Waals surface area contributed by atoms with Crippen molar-refractivity contribution in [1.29, 1.82) is 0 Å². The monoisotopic (exact) mass is 298 g/mol. The maximum absolute atomic E-state index is 12.2. The van der Waals surface area contributed by atoms with E-state index in [1.807, 2.05) is 19.1 Å². The van der Waals surface area contributed by atoms with E-state index in [0.717, 1.165) is 5.56 Å². The molecule has 0 spiro atoms. The van der Waals surface area contributed by atoms with Crippen LogP contribution in [0.2, 0.25) is 0 Å². The Bertz CT molecular complexity index is 694. The lowest BCUT2D eigenvalue weighted by atomic mass is 10.1. The van der Waals surface area contributed by atoms with Gasteiger partial charge in [-0.3, -0.25) is 4.79 Å². The molecule has 1 amide bonds. The molecule has 2 rings (SSSR count). The van der Waals surface area contributed by atoms with Gasteiger partial charge in [0.15, 0.2) is 0 Å². The number of benzene rings is 2. The number of ether oxygens (including phenoxy) is 1. The average molecular weight is 298 g/mol. The molecule has 114 valence electrons. The van der Waals surface area contributed by atoms with Gasteiger partial charge in [-0.2, -0.15) is 0 Å². The number of amides is 1. The number of nitrogens with two attached hydrogens (primary N) is 1. The fourth-order valence-corrected chi connectivity index (χ4v) is 1.93. The normalized spacial score (nSPS) is 10.1. The number of hydrogen-bond acceptors (Lipinski definition) is 4. The first-order chi connectivity index (χ1) is 10.5. The predicted octanol–water partition coefficient (Wildman–Crippen LogP) is 3.01. The lowest BCUT2D eigenvalue weighted by Crippen LogP contribution is -2.13. The Kier molecular flexibility index (Phi) is 4.78. The molecule has 0 bridgehead atoms. The highest BCUT2D eigenvalue weighted by Gasteiger charge is 2.13. The van der Waals surface area contributed by atoms with E-state index in [2.05, 4.69) is 5.32 Å². The highest BCUT2D eigenvalue weighted by molar-refractivity contribution is 6.05. The summed E-state index contributed by atoms with van der Waals surface area (Å²) < 4.78 is 4.93. The van der Waals surface area contributed by atoms with Crippen molar-refractivity contribution in [3.05, 3.63) is 59.2 Å². The zero-order chi connectivity index (χ0) is 16.1. The summed E-state index contributed by atoms with van der Waals surface area (Å²) in [6.45, 7) is 3.93. The van der Waals surface area contributed by atoms with Crippen LogP contribution in [-0.4, -0.2) is 18.5 Å². The van der Waals surface area contributed by atoms with Crippen molar-refractivity contribution in [2.45, 2.75) is 13.8 Å². The lowest BCUT2D eigenvalue weighted by Gasteiger charge is -2.09. The fourth-order valence-electron chi connectivity index (χ4n) is 1.93. The molecule has 3 N–H and O–H groups in total. The molecule has 0 saturated carbocycles. The smallest absolute Gasteiger partial charge is 0.340 e. The first-order valence-corrected chi connectivity index (χ1v) is 6.96. The van der Waals surface area contributed by atoms with Crippen LogP contribution >= 0.6 is 0 Å². The summed E-state index contributed by atoms with van der Waals surface area (Å²) in [6, 6.07) is 11.9. The minimum absolute atomic E-state index is 0.239. The number of rotatable bonds is 4. The van der Waals surface area contributed by atoms with Gasteiger partial charge in [0.25, 0.3) is 5.91 Å². The van der Waals surface area contributed by atoms with Crippen molar-refractivity contribution in [2.24, 2.45) is 0 Å². The number of esters is 1. The van der Waals surface area contributed by atoms with Gasteiger partial charge in [0.05, 0.1) is 12.2 Å². The molecular formula is C17H18N2O3. The Morgan fingerprint density at radius 3 is 2.45 bits per heavy atom. The zero-order valence-corrected chi connectivity index (χ0v) is 12.6. The molecule has 22 heavy (non-hydrogen) atoms. The summed E-state index contributed by atoms with van der Waals surface area (Å²) >= 11 is 0. The average Bonchev–Trinajstić information content (AvgIpc) is 2.50. The second-order valence-corrected chi connectivity index (χ2v) is 4.84. The fraction of sp³-hybridized carbons (Fsp3) is 0.176. The Morgan fingerprint density at radius 1 is 1.14 bits per heavy atom. The summed E-state index contributed by atoms with van der Waals surface area (Å²) in [6.07, 6.45) is 0. The van der Waals surface area contributed by atoms with Crippen LogP contribution in [0.4, 0.5) is 11.4 Å². The largest absolute Gasteiger partial charge is 0.462 e. The van der Waals surface area contributed by atoms with Gasteiger partial charge in [0.2, 0.25) is 0 Å². The van der Waals surface area contributed by atoms with Crippen LogP contribution in [0.15, 0.2) is 42.5 Å². The summed E-state index contributed by atoms with van der Waals surface area (Å²) in [5.74, 6) is -0.758. The minimum atomic E-state index is -0.508. The molecule has 0 radical (unpaired) electrons. The van der Waals surface area contributed by atoms with Crippen molar-refractivity contribution >= 4 is 23.3 Å². The zero-order valence-electron chi connectivity index (χ0n) is 12.6. The molecule has 0 aliphatic heterocycles. The van der Waals surface area contributed by atoms with Gasteiger partial charge in [-0.15, -0.1) is 0 Å². The number of hydrogen-bond donors (Lipinski definition) is 2. The first kappa shape index (κ1) is 15.6. The molecule has 0 saturated heterocycles. The van der Waals surface area contributed by atoms with E-state index >= 15 is 0 Å². The van der Waals surface area contributed by atoms with Crippen LogP contribution < -0.4 is 11.1 Å². The quantitative estimate of drug-likeness (QED) is 0.671. The molecule has 0 unspecified atom stereocenters. The summed E-state index contributed by atoms with van der Waals surface area (Å²) in [7, 11) is 0. The molecule has 0 fully saturated rings. The lowest BCUT2D eigenvalue weighted by molar-refractivity contribution is 0.0527. The summed E-state index contributed by atoms with van der Waals surface area (Å²) in [5, 5.41) is 2.74. The summed E-state index contributed by atoms with van der Waals surface area (Å²) in [4.78, 5) is 24.0. The number of nitrogens with one attached hydrogen (secondary N) is 1. The Hall–Kier alpha value is -2.82. The molecular weight excluding hydrogens is 280 g/mol. The van der Waals surface area contributed by atoms with Crippen LogP contribution in [0, 0.1) is 6.92 Å². The van der Waals surface area contributed by atoms with Crippen LogP contribution in [0.3, 0.4) is 0 Å². The second-order valence-electron chi connectivity index (χ2n) is 4.84. The van der Waals surface area contributed by atoms with E-state index < -0.39 is 5.97 Å². The Labute approximate surface area is 129 Å². The maximum atomic E-state index is 12.2. The molecule has 2 aromatic carbocycles. The number of nitrogen functional groups attached to an aromatic ring is 1. The van der Waals surface area contributed by atoms with Gasteiger partial charge in [-0.1, -0.05) is 17.7 Å². The molecule has 5 nitrogen and oxygen atoms in total. The van der Waals surface area contributed by atoms with Crippen molar-refractivity contribution in [3.63, 3.8) is 0 Å². The van der Waals surface area contributed by atoms with Gasteiger partial charge in [0.1, 0.15) is 0 Å². The third kappa shape index (κ3) is 3.63. The highest BCUT2D eigenvalue weighted by Crippen LogP contribution is 2.19. The van der Waals surface area contributed by atoms with Crippen molar-refractivity contribution in [1.82, 2.24) is 0 Å². The predicted molar refractivity (Wildman–Crippen MR) is 85.9 cm³/mol. The maximum Gasteiger partial charge on any atom is 0.340 e. The van der Waals surface area contributed by atoms with Crippen LogP contribution in [0.5, 0.6) is 0 Å². The van der Waals surface area contributed by atoms with Crippen molar-refractivity contribution < 1.29 is 14.3 Å². The first-order valence-electron chi connectivity index (χ1n) is 6.96. The topological polar surface area (TPSA) is 81.4 Å². The minimum Gasteiger partial charge on any atom is -0.462 e. The van der Waals surface area contributed by atoms with E-state index in [-0.39, 0.29) is 18.1 Å². The van der Waals surface area contributed by atoms with Gasteiger partial charge >= 0.3 is 5.97 Å². The van der Waals surface area contributed by atoms with E-state index in [4.69, 9.17) is 10.5 Å². The van der Waals surface area contributed by atoms with Crippen LogP contribution in [-0.2, 0) is 4.74 Å². The molecule has 2 aromatic rings. The van der Waals surface area contributed by atoms with Crippen molar-refractivity contribution in [2.75, 3.05) is 17.7 Å². The van der Waals surface area contributed by atoms with Gasteiger partial charge in [-0.05, 0) is 44.2 Å². The van der Waals surface area contributed by atoms with E-state index in [0.29, 0.717) is 16.9 Å². The van der Waals surface area contributed by atoms with Gasteiger partial charge in [-0.25, -0.2) is 4.79 Å². The third-order valence-electron chi connectivity index (χ3n) is 3.12. The van der Waals surface area contributed by atoms with Gasteiger partial charge in [0, 0.05) is 16.9 Å². The van der Waals surface area contributed by atoms with Crippen LogP contribution in [0.25, 0.3) is 0 Å². The van der Waals surface area contributed by atoms with E-state index in [1.165, 1.54) is 6.07 Å². The Morgan fingerprint density at radius 2 is 1.82 bits per heavy atom. The number of aryl methyl sites for hydroxylation is 1. The number of carbonyl (C=O) groups is 2. The molecule has 0 aromatic heterocycles. The standard InChI is InChI=1S/C17H18N2O3/c1-3-22-17(21)14-10-13(8-9-15(14)18)19-16(20)12-6-4-11(2)5-7-12/h4-10H,3,18H2,1-2H3,(H,19,20). The third-order valence-corrected chi connectivity index (χ3v) is 3.12. The summed E-state index contributed by atoms with van der Waals surface area (Å²) in [5.41, 5.74) is 8.42. The van der Waals surface area contributed by atoms with E-state index in [1.54, 1.807) is 31.2 Å². The highest BCUT2D eigenvalue weighted by atomic mass is 16.5. The van der Waals surface area contributed by atoms with Crippen LogP contribution in [0.1, 0.15) is 33.2 Å². The molecule has 0 atom stereocenters. The molecule has 0 aliphatic rings. The van der Waals surface area contributed by atoms with Gasteiger partial charge < -0.3 is 15.8 Å². The SMILES string of the molecule is CCOC(=O)c1cc(NC(=O)c2ccc(C)cc2)ccc1N. The Balaban J connectivity index is 2.19. The molecule has 5 heteroatoms. The van der Waals surface area contributed by atoms with E-state index in [9.17, 15) is 9.59 Å². The molecule has 0 aliphatic carbocycles. The number of carbonyl (C=O) groups excluding carboxylic acids is 2. The molecule has 0 heterocycles. The van der Waals surface area contributed by atoms with Crippen molar-refractivity contribution in [3.8, 4) is 0 Å². The second kappa shape index (κ2) is 6.76.